The average molecular weight is 479 g/mol. The number of aliphatic hydroxyl groups excluding tert-OH is 4. The lowest BCUT2D eigenvalue weighted by atomic mass is 9.99. The van der Waals surface area contributed by atoms with Gasteiger partial charge >= 0.3 is 0 Å². The SMILES string of the molecule is Cc1c(Cc2ccc(OC3CCOC3)cc2)c(O[C@@H]2O[C@H](CO)[C@@H](O)[C@H](O)[C@H]2O)nn1C(C)C. The number of hydrogen-bond acceptors (Lipinski definition) is 9. The van der Waals surface area contributed by atoms with E-state index in [2.05, 4.69) is 5.10 Å². The molecule has 3 heterocycles. The highest BCUT2D eigenvalue weighted by Crippen LogP contribution is 2.31. The summed E-state index contributed by atoms with van der Waals surface area (Å²) >= 11 is 0. The van der Waals surface area contributed by atoms with E-state index >= 15 is 0 Å². The fourth-order valence-electron chi connectivity index (χ4n) is 4.29. The third-order valence-electron chi connectivity index (χ3n) is 6.30. The second-order valence-corrected chi connectivity index (χ2v) is 9.15. The zero-order valence-corrected chi connectivity index (χ0v) is 19.7. The fraction of sp³-hybridized carbons (Fsp3) is 0.625. The zero-order chi connectivity index (χ0) is 24.4. The Morgan fingerprint density at radius 3 is 2.44 bits per heavy atom. The van der Waals surface area contributed by atoms with Gasteiger partial charge in [-0.1, -0.05) is 12.1 Å². The van der Waals surface area contributed by atoms with Crippen LogP contribution in [0.1, 0.15) is 43.1 Å². The van der Waals surface area contributed by atoms with E-state index in [1.165, 1.54) is 0 Å². The van der Waals surface area contributed by atoms with E-state index in [1.54, 1.807) is 0 Å². The molecule has 10 nitrogen and oxygen atoms in total. The molecule has 6 atom stereocenters. The lowest BCUT2D eigenvalue weighted by Gasteiger charge is -2.39. The maximum Gasteiger partial charge on any atom is 0.239 e. The summed E-state index contributed by atoms with van der Waals surface area (Å²) in [5, 5.41) is 44.6. The normalized spacial score (nSPS) is 29.5. The molecule has 2 aliphatic rings. The van der Waals surface area contributed by atoms with E-state index in [1.807, 2.05) is 49.7 Å². The quantitative estimate of drug-likeness (QED) is 0.432. The van der Waals surface area contributed by atoms with Gasteiger partial charge in [-0.2, -0.15) is 0 Å². The molecule has 188 valence electrons. The van der Waals surface area contributed by atoms with Crippen molar-refractivity contribution in [2.45, 2.75) is 76.5 Å². The second-order valence-electron chi connectivity index (χ2n) is 9.15. The van der Waals surface area contributed by atoms with Crippen molar-refractivity contribution in [2.24, 2.45) is 0 Å². The van der Waals surface area contributed by atoms with Gasteiger partial charge in [0.05, 0.1) is 19.8 Å². The van der Waals surface area contributed by atoms with Gasteiger partial charge in [0.2, 0.25) is 12.2 Å². The van der Waals surface area contributed by atoms with Crippen molar-refractivity contribution >= 4 is 0 Å². The molecule has 0 saturated carbocycles. The number of ether oxygens (including phenoxy) is 4. The van der Waals surface area contributed by atoms with Crippen LogP contribution in [0.15, 0.2) is 24.3 Å². The van der Waals surface area contributed by atoms with Crippen molar-refractivity contribution in [3.05, 3.63) is 41.1 Å². The number of benzene rings is 1. The van der Waals surface area contributed by atoms with Crippen molar-refractivity contribution in [1.82, 2.24) is 9.78 Å². The van der Waals surface area contributed by atoms with Crippen LogP contribution in [0.4, 0.5) is 0 Å². The van der Waals surface area contributed by atoms with Crippen LogP contribution < -0.4 is 9.47 Å². The topological polar surface area (TPSA) is 136 Å². The molecule has 0 radical (unpaired) electrons. The molecule has 2 aliphatic heterocycles. The molecule has 0 amide bonds. The first-order valence-corrected chi connectivity index (χ1v) is 11.7. The number of aromatic nitrogens is 2. The smallest absolute Gasteiger partial charge is 0.239 e. The molecule has 0 aliphatic carbocycles. The number of rotatable bonds is 8. The number of aliphatic hydroxyl groups is 4. The predicted octanol–water partition coefficient (Wildman–Crippen LogP) is 0.710. The Kier molecular flexibility index (Phi) is 7.76. The van der Waals surface area contributed by atoms with Crippen LogP contribution in [0.5, 0.6) is 11.6 Å². The van der Waals surface area contributed by atoms with E-state index in [9.17, 15) is 20.4 Å². The molecule has 1 unspecified atom stereocenters. The van der Waals surface area contributed by atoms with E-state index in [0.717, 1.165) is 35.6 Å². The third kappa shape index (κ3) is 5.22. The number of hydrogen-bond donors (Lipinski definition) is 4. The first-order valence-electron chi connectivity index (χ1n) is 11.7. The molecule has 1 aromatic carbocycles. The third-order valence-corrected chi connectivity index (χ3v) is 6.30. The summed E-state index contributed by atoms with van der Waals surface area (Å²) < 4.78 is 24.6. The molecular weight excluding hydrogens is 444 g/mol. The van der Waals surface area contributed by atoms with Gasteiger partial charge in [0.25, 0.3) is 0 Å². The summed E-state index contributed by atoms with van der Waals surface area (Å²) in [5.41, 5.74) is 2.72. The van der Waals surface area contributed by atoms with Gasteiger partial charge in [0.1, 0.15) is 36.3 Å². The Bertz CT molecular complexity index is 939. The molecule has 4 N–H and O–H groups in total. The summed E-state index contributed by atoms with van der Waals surface area (Å²) in [7, 11) is 0. The lowest BCUT2D eigenvalue weighted by Crippen LogP contribution is -2.60. The van der Waals surface area contributed by atoms with Gasteiger partial charge in [-0.25, -0.2) is 0 Å². The van der Waals surface area contributed by atoms with Crippen LogP contribution in [0, 0.1) is 6.92 Å². The highest BCUT2D eigenvalue weighted by atomic mass is 16.7. The van der Waals surface area contributed by atoms with Crippen LogP contribution in [0.3, 0.4) is 0 Å². The van der Waals surface area contributed by atoms with Gasteiger partial charge in [0.15, 0.2) is 0 Å². The Morgan fingerprint density at radius 1 is 1.09 bits per heavy atom. The van der Waals surface area contributed by atoms with Crippen LogP contribution >= 0.6 is 0 Å². The van der Waals surface area contributed by atoms with Gasteiger partial charge in [-0.3, -0.25) is 4.68 Å². The Labute approximate surface area is 198 Å². The number of nitrogens with zero attached hydrogens (tertiary/aromatic N) is 2. The molecule has 2 fully saturated rings. The summed E-state index contributed by atoms with van der Waals surface area (Å²) in [6.07, 6.45) is -5.36. The van der Waals surface area contributed by atoms with Crippen molar-refractivity contribution in [3.63, 3.8) is 0 Å². The maximum atomic E-state index is 10.4. The fourth-order valence-corrected chi connectivity index (χ4v) is 4.29. The van der Waals surface area contributed by atoms with Crippen LogP contribution in [0.25, 0.3) is 0 Å². The molecule has 0 bridgehead atoms. The maximum absolute atomic E-state index is 10.4. The molecule has 0 spiro atoms. The van der Waals surface area contributed by atoms with Crippen molar-refractivity contribution < 1.29 is 39.4 Å². The van der Waals surface area contributed by atoms with Crippen molar-refractivity contribution in [1.29, 1.82) is 0 Å². The van der Waals surface area contributed by atoms with Gasteiger partial charge in [0, 0.05) is 30.1 Å². The van der Waals surface area contributed by atoms with E-state index in [4.69, 9.17) is 18.9 Å². The van der Waals surface area contributed by atoms with Gasteiger partial charge < -0.3 is 39.4 Å². The molecular formula is C24H34N2O8. The van der Waals surface area contributed by atoms with Crippen molar-refractivity contribution in [3.8, 4) is 11.6 Å². The summed E-state index contributed by atoms with van der Waals surface area (Å²) in [5.74, 6) is 1.05. The summed E-state index contributed by atoms with van der Waals surface area (Å²) in [6.45, 7) is 6.74. The largest absolute Gasteiger partial charge is 0.488 e. The van der Waals surface area contributed by atoms with Crippen LogP contribution in [0.2, 0.25) is 0 Å². The van der Waals surface area contributed by atoms with E-state index in [0.29, 0.717) is 13.0 Å². The van der Waals surface area contributed by atoms with Gasteiger partial charge in [-0.15, -0.1) is 5.10 Å². The minimum Gasteiger partial charge on any atom is -0.488 e. The average Bonchev–Trinajstić information content (AvgIpc) is 3.44. The molecule has 2 saturated heterocycles. The second kappa shape index (κ2) is 10.6. The standard InChI is InChI=1S/C24H34N2O8/c1-13(2)26-14(3)18(10-15-4-6-16(7-5-15)32-17-8-9-31-12-17)23(25-26)34-24-22(30)21(29)20(28)19(11-27)33-24/h4-7,13,17,19-22,24,27-30H,8-12H2,1-3H3/t17?,19-,20-,21+,22-,24+/m1/s1. The highest BCUT2D eigenvalue weighted by molar-refractivity contribution is 5.38. The predicted molar refractivity (Wildman–Crippen MR) is 121 cm³/mol. The van der Waals surface area contributed by atoms with E-state index in [-0.39, 0.29) is 18.0 Å². The van der Waals surface area contributed by atoms with Crippen LogP contribution in [-0.4, -0.2) is 86.8 Å². The van der Waals surface area contributed by atoms with Gasteiger partial charge in [-0.05, 0) is 38.5 Å². The molecule has 4 rings (SSSR count). The summed E-state index contributed by atoms with van der Waals surface area (Å²) in [4.78, 5) is 0. The zero-order valence-electron chi connectivity index (χ0n) is 19.7. The molecule has 10 heteroatoms. The van der Waals surface area contributed by atoms with E-state index < -0.39 is 37.3 Å². The monoisotopic (exact) mass is 478 g/mol. The molecule has 1 aromatic heterocycles. The Hall–Kier alpha value is -2.21. The van der Waals surface area contributed by atoms with Crippen molar-refractivity contribution in [2.75, 3.05) is 19.8 Å². The van der Waals surface area contributed by atoms with Crippen LogP contribution in [-0.2, 0) is 15.9 Å². The first kappa shape index (κ1) is 24.9. The molecule has 34 heavy (non-hydrogen) atoms. The lowest BCUT2D eigenvalue weighted by molar-refractivity contribution is -0.278. The first-order chi connectivity index (χ1) is 16.3. The molecule has 2 aromatic rings. The summed E-state index contributed by atoms with van der Waals surface area (Å²) in [6, 6.07) is 7.88. The Balaban J connectivity index is 1.54. The minimum absolute atomic E-state index is 0.0651. The Morgan fingerprint density at radius 2 is 1.82 bits per heavy atom. The highest BCUT2D eigenvalue weighted by Gasteiger charge is 2.45. The minimum atomic E-state index is -1.52.